The fourth-order valence-corrected chi connectivity index (χ4v) is 8.85. The predicted molar refractivity (Wildman–Crippen MR) is 218 cm³/mol. The van der Waals surface area contributed by atoms with Gasteiger partial charge in [0.15, 0.2) is 0 Å². The Hall–Kier alpha value is -4.42. The monoisotopic (exact) mass is 937 g/mol. The maximum absolute atomic E-state index is 13.1. The Labute approximate surface area is 328 Å². The van der Waals surface area contributed by atoms with Crippen LogP contribution in [0.2, 0.25) is 17.3 Å². The number of halogens is 1. The van der Waals surface area contributed by atoms with Crippen molar-refractivity contribution in [2.24, 2.45) is 5.41 Å². The first-order chi connectivity index (χ1) is 24.9. The molecule has 5 aromatic carbocycles. The molecule has 6 heteroatoms. The normalized spacial score (nSPS) is 11.7. The topological polar surface area (TPSA) is 38.9 Å². The van der Waals surface area contributed by atoms with Crippen LogP contribution in [0.4, 0.5) is 4.39 Å². The van der Waals surface area contributed by atoms with E-state index in [4.69, 9.17) is 9.40 Å². The smallest absolute Gasteiger partial charge is 0 e. The van der Waals surface area contributed by atoms with E-state index in [0.29, 0.717) is 5.56 Å². The van der Waals surface area contributed by atoms with Gasteiger partial charge in [-0.05, 0) is 46.4 Å². The number of furan rings is 1. The van der Waals surface area contributed by atoms with Crippen LogP contribution in [-0.4, -0.2) is 23.2 Å². The van der Waals surface area contributed by atoms with Gasteiger partial charge in [0, 0.05) is 37.3 Å². The zero-order valence-electron chi connectivity index (χ0n) is 31.3. The van der Waals surface area contributed by atoms with E-state index in [9.17, 15) is 4.39 Å². The van der Waals surface area contributed by atoms with Crippen molar-refractivity contribution in [3.05, 3.63) is 151 Å². The molecule has 3 heterocycles. The first-order valence-electron chi connectivity index (χ1n) is 17.8. The van der Waals surface area contributed by atoms with E-state index in [1.807, 2.05) is 24.5 Å². The van der Waals surface area contributed by atoms with Gasteiger partial charge in [0.1, 0.15) is 5.58 Å². The van der Waals surface area contributed by atoms with Gasteiger partial charge in [-0.1, -0.05) is 104 Å². The summed E-state index contributed by atoms with van der Waals surface area (Å²) in [7, 11) is 0. The molecule has 0 saturated carbocycles. The van der Waals surface area contributed by atoms with Crippen LogP contribution in [0.1, 0.15) is 31.9 Å². The summed E-state index contributed by atoms with van der Waals surface area (Å²) >= 11 is -1.80. The summed E-state index contributed by atoms with van der Waals surface area (Å²) in [6.45, 7) is 8.95. The molecule has 0 aliphatic rings. The minimum absolute atomic E-state index is 0. The van der Waals surface area contributed by atoms with Gasteiger partial charge in [0.2, 0.25) is 0 Å². The molecule has 269 valence electrons. The zero-order valence-corrected chi connectivity index (χ0v) is 35.8. The van der Waals surface area contributed by atoms with Gasteiger partial charge in [0.25, 0.3) is 0 Å². The minimum atomic E-state index is -1.80. The summed E-state index contributed by atoms with van der Waals surface area (Å²) in [6, 6.07) is 42.6. The maximum atomic E-state index is 13.1. The minimum Gasteiger partial charge on any atom is 0 e. The van der Waals surface area contributed by atoms with Gasteiger partial charge in [-0.2, -0.15) is 0 Å². The van der Waals surface area contributed by atoms with Gasteiger partial charge < -0.3 is 9.40 Å². The Bertz CT molecular complexity index is 2540. The Morgan fingerprint density at radius 3 is 2.11 bits per heavy atom. The molecule has 1 radical (unpaired) electrons. The molecule has 8 rings (SSSR count). The summed E-state index contributed by atoms with van der Waals surface area (Å²) in [5.74, 6) is 6.72. The molecule has 8 aromatic rings. The summed E-state index contributed by atoms with van der Waals surface area (Å²) in [5, 5.41) is 4.66. The molecular formula is C47H43FGeIrN2O-2. The van der Waals surface area contributed by atoms with E-state index in [0.717, 1.165) is 50.9 Å². The SMILES string of the molecule is Cc1cnc(-c2[c-]ccc3c2oc2c(-c4cccc5ccccc45)cccc23)cc1CC(C)(C)C.[CH3][Ge]([CH3])([CH3])[c]1ccc(-c2[c-]ccc(F)c2)nc1.[Ir]. The first kappa shape index (κ1) is 38.3. The van der Waals surface area contributed by atoms with E-state index in [1.54, 1.807) is 6.07 Å². The molecule has 53 heavy (non-hydrogen) atoms. The molecule has 0 saturated heterocycles. The molecule has 3 nitrogen and oxygen atoms in total. The first-order valence-corrected chi connectivity index (χ1v) is 25.1. The second kappa shape index (κ2) is 15.5. The summed E-state index contributed by atoms with van der Waals surface area (Å²) in [4.78, 5) is 9.20. The molecule has 0 fully saturated rings. The third kappa shape index (κ3) is 8.39. The number of fused-ring (bicyclic) bond motifs is 4. The van der Waals surface area contributed by atoms with Crippen LogP contribution in [0.5, 0.6) is 0 Å². The van der Waals surface area contributed by atoms with Crippen LogP contribution in [0, 0.1) is 30.3 Å². The van der Waals surface area contributed by atoms with E-state index >= 15 is 0 Å². The van der Waals surface area contributed by atoms with Crippen LogP contribution in [0.25, 0.3) is 66.4 Å². The Morgan fingerprint density at radius 1 is 0.698 bits per heavy atom. The largest absolute Gasteiger partial charge is 0 e. The van der Waals surface area contributed by atoms with Crippen molar-refractivity contribution in [1.82, 2.24) is 9.97 Å². The molecule has 0 bridgehead atoms. The number of rotatable bonds is 5. The second-order valence-electron chi connectivity index (χ2n) is 15.7. The number of aryl methyl sites for hydroxylation is 1. The number of aromatic nitrogens is 2. The fraction of sp³-hybridized carbons (Fsp3) is 0.191. The molecule has 0 atom stereocenters. The molecule has 0 amide bonds. The molecular weight excluding hydrogens is 892 g/mol. The van der Waals surface area contributed by atoms with Gasteiger partial charge in [0.05, 0.1) is 5.58 Å². The van der Waals surface area contributed by atoms with Crippen molar-refractivity contribution in [2.75, 3.05) is 0 Å². The fourth-order valence-electron chi connectivity index (χ4n) is 6.67. The van der Waals surface area contributed by atoms with Gasteiger partial charge in [-0.3, -0.25) is 0 Å². The Morgan fingerprint density at radius 2 is 1.38 bits per heavy atom. The van der Waals surface area contributed by atoms with Gasteiger partial charge in [-0.25, -0.2) is 0 Å². The summed E-state index contributed by atoms with van der Waals surface area (Å²) < 4.78 is 21.1. The average molecular weight is 936 g/mol. The van der Waals surface area contributed by atoms with Crippen LogP contribution in [0.15, 0.2) is 126 Å². The van der Waals surface area contributed by atoms with Crippen molar-refractivity contribution in [3.63, 3.8) is 0 Å². The Balaban J connectivity index is 0.000000226. The summed E-state index contributed by atoms with van der Waals surface area (Å²) in [5.41, 5.74) is 10.1. The number of hydrogen-bond acceptors (Lipinski definition) is 3. The standard InChI is InChI=1S/C33H28NO.C14H15FGeN.Ir/c1-21-20-34-30(18-23(21)19-33(2,3)4)29-17-9-16-28-27-15-8-14-26(31(27)35-32(28)29)25-13-7-11-22-10-5-6-12-24(22)25;1-16(2,3)13-7-8-14(17-10-13)11-5-4-6-12(15)9-11;/h5-16,18,20H,19H2,1-4H3;4,6-10H,1-3H3;/q2*-1;. The maximum Gasteiger partial charge on any atom is 0 e. The molecule has 0 N–H and O–H groups in total. The molecule has 0 unspecified atom stereocenters. The number of pyridine rings is 2. The second-order valence-corrected chi connectivity index (χ2v) is 26.4. The third-order valence-corrected chi connectivity index (χ3v) is 13.7. The molecule has 0 aliphatic heterocycles. The third-order valence-electron chi connectivity index (χ3n) is 9.40. The predicted octanol–water partition coefficient (Wildman–Crippen LogP) is 12.4. The average Bonchev–Trinajstić information content (AvgIpc) is 3.51. The van der Waals surface area contributed by atoms with Gasteiger partial charge >= 0.3 is 104 Å². The summed E-state index contributed by atoms with van der Waals surface area (Å²) in [6.07, 6.45) is 4.90. The number of para-hydroxylation sites is 1. The van der Waals surface area contributed by atoms with Gasteiger partial charge in [-0.15, -0.1) is 18.2 Å². The van der Waals surface area contributed by atoms with Crippen molar-refractivity contribution in [1.29, 1.82) is 0 Å². The van der Waals surface area contributed by atoms with Crippen molar-refractivity contribution in [2.45, 2.75) is 51.4 Å². The van der Waals surface area contributed by atoms with Crippen molar-refractivity contribution in [3.8, 4) is 33.6 Å². The van der Waals surface area contributed by atoms with Crippen molar-refractivity contribution < 1.29 is 28.9 Å². The van der Waals surface area contributed by atoms with Crippen LogP contribution in [-0.2, 0) is 26.5 Å². The van der Waals surface area contributed by atoms with Crippen LogP contribution < -0.4 is 4.40 Å². The van der Waals surface area contributed by atoms with Crippen LogP contribution in [0.3, 0.4) is 0 Å². The van der Waals surface area contributed by atoms with Crippen LogP contribution >= 0.6 is 0 Å². The number of nitrogens with zero attached hydrogens (tertiary/aromatic N) is 2. The quantitative estimate of drug-likeness (QED) is 0.127. The van der Waals surface area contributed by atoms with E-state index in [2.05, 4.69) is 141 Å². The number of hydrogen-bond donors (Lipinski definition) is 0. The van der Waals surface area contributed by atoms with E-state index in [-0.39, 0.29) is 31.3 Å². The van der Waals surface area contributed by atoms with Crippen molar-refractivity contribution >= 4 is 50.4 Å². The van der Waals surface area contributed by atoms with E-state index < -0.39 is 13.3 Å². The van der Waals surface area contributed by atoms with E-state index in [1.165, 1.54) is 44.0 Å². The zero-order chi connectivity index (χ0) is 36.6. The number of benzene rings is 5. The molecule has 0 aliphatic carbocycles. The Kier molecular flexibility index (Phi) is 11.2. The molecule has 0 spiro atoms. The molecule has 3 aromatic heterocycles.